The van der Waals surface area contributed by atoms with Crippen molar-refractivity contribution in [3.63, 3.8) is 0 Å². The molecule has 1 aromatic carbocycles. The molecule has 0 amide bonds. The molecule has 2 nitrogen and oxygen atoms in total. The second-order valence-electron chi connectivity index (χ2n) is 3.69. The Morgan fingerprint density at radius 1 is 1.43 bits per heavy atom. The third-order valence-electron chi connectivity index (χ3n) is 2.30. The Kier molecular flexibility index (Phi) is 2.52. The Hall–Kier alpha value is -0.930. The molecular weight excluding hydrogens is 192 g/mol. The molecule has 1 heterocycles. The Morgan fingerprint density at radius 2 is 2.21 bits per heavy atom. The first-order chi connectivity index (χ1) is 6.70. The minimum absolute atomic E-state index is 0.538. The number of benzene rings is 1. The van der Waals surface area contributed by atoms with Gasteiger partial charge in [0.2, 0.25) is 0 Å². The molecule has 0 spiro atoms. The molecule has 0 atom stereocenters. The maximum Gasteiger partial charge on any atom is 0.107 e. The van der Waals surface area contributed by atoms with E-state index >= 15 is 0 Å². The van der Waals surface area contributed by atoms with Crippen LogP contribution >= 0.6 is 11.3 Å². The van der Waals surface area contributed by atoms with Crippen molar-refractivity contribution in [1.82, 2.24) is 4.98 Å². The summed E-state index contributed by atoms with van der Waals surface area (Å²) in [5.41, 5.74) is 7.98. The van der Waals surface area contributed by atoms with E-state index in [1.54, 1.807) is 11.3 Å². The predicted molar refractivity (Wildman–Crippen MR) is 61.6 cm³/mol. The first-order valence-electron chi connectivity index (χ1n) is 4.80. The Balaban J connectivity index is 2.54. The number of rotatable bonds is 2. The van der Waals surface area contributed by atoms with Crippen molar-refractivity contribution in [3.05, 3.63) is 28.8 Å². The van der Waals surface area contributed by atoms with Gasteiger partial charge in [-0.15, -0.1) is 11.3 Å². The summed E-state index contributed by atoms with van der Waals surface area (Å²) in [4.78, 5) is 4.47. The molecule has 0 fully saturated rings. The fraction of sp³-hybridized carbons (Fsp3) is 0.364. The van der Waals surface area contributed by atoms with Gasteiger partial charge >= 0.3 is 0 Å². The minimum Gasteiger partial charge on any atom is -0.325 e. The van der Waals surface area contributed by atoms with Crippen LogP contribution in [0, 0.1) is 0 Å². The van der Waals surface area contributed by atoms with Gasteiger partial charge in [0.05, 0.1) is 10.2 Å². The number of hydrogen-bond donors (Lipinski definition) is 1. The predicted octanol–water partition coefficient (Wildman–Crippen LogP) is 2.88. The van der Waals surface area contributed by atoms with Crippen LogP contribution in [-0.2, 0) is 6.54 Å². The summed E-state index contributed by atoms with van der Waals surface area (Å²) in [6.45, 7) is 4.92. The fourth-order valence-corrected chi connectivity index (χ4v) is 2.26. The van der Waals surface area contributed by atoms with Crippen LogP contribution in [0.1, 0.15) is 30.3 Å². The SMILES string of the molecule is CC(C)c1ccc2sc(CN)nc2c1. The number of thiazole rings is 1. The monoisotopic (exact) mass is 206 g/mol. The Labute approximate surface area is 87.8 Å². The van der Waals surface area contributed by atoms with Crippen molar-refractivity contribution in [3.8, 4) is 0 Å². The quantitative estimate of drug-likeness (QED) is 0.820. The zero-order chi connectivity index (χ0) is 10.1. The molecule has 2 N–H and O–H groups in total. The normalized spacial score (nSPS) is 11.4. The van der Waals surface area contributed by atoms with Gasteiger partial charge in [-0.1, -0.05) is 19.9 Å². The van der Waals surface area contributed by atoms with E-state index in [9.17, 15) is 0 Å². The summed E-state index contributed by atoms with van der Waals surface area (Å²) < 4.78 is 1.23. The van der Waals surface area contributed by atoms with Gasteiger partial charge in [0.15, 0.2) is 0 Å². The molecule has 74 valence electrons. The fourth-order valence-electron chi connectivity index (χ4n) is 1.44. The van der Waals surface area contributed by atoms with Crippen molar-refractivity contribution in [2.75, 3.05) is 0 Å². The number of hydrogen-bond acceptors (Lipinski definition) is 3. The third kappa shape index (κ3) is 1.65. The van der Waals surface area contributed by atoms with Crippen LogP contribution in [0.2, 0.25) is 0 Å². The summed E-state index contributed by atoms with van der Waals surface area (Å²) >= 11 is 1.68. The topological polar surface area (TPSA) is 38.9 Å². The summed E-state index contributed by atoms with van der Waals surface area (Å²) in [5, 5.41) is 1.01. The van der Waals surface area contributed by atoms with Gasteiger partial charge in [-0.05, 0) is 23.6 Å². The average molecular weight is 206 g/mol. The van der Waals surface area contributed by atoms with Crippen molar-refractivity contribution in [2.45, 2.75) is 26.3 Å². The Bertz CT molecular complexity index is 445. The molecule has 0 aliphatic rings. The molecule has 0 saturated carbocycles. The van der Waals surface area contributed by atoms with Crippen molar-refractivity contribution < 1.29 is 0 Å². The lowest BCUT2D eigenvalue weighted by Crippen LogP contribution is -1.93. The standard InChI is InChI=1S/C11H14N2S/c1-7(2)8-3-4-10-9(5-8)13-11(6-12)14-10/h3-5,7H,6,12H2,1-2H3. The van der Waals surface area contributed by atoms with Gasteiger partial charge in [0.25, 0.3) is 0 Å². The van der Waals surface area contributed by atoms with E-state index in [1.165, 1.54) is 10.3 Å². The number of aromatic nitrogens is 1. The van der Waals surface area contributed by atoms with Gasteiger partial charge in [-0.2, -0.15) is 0 Å². The molecule has 0 saturated heterocycles. The second-order valence-corrected chi connectivity index (χ2v) is 4.81. The van der Waals surface area contributed by atoms with E-state index in [0.29, 0.717) is 12.5 Å². The third-order valence-corrected chi connectivity index (χ3v) is 3.36. The van der Waals surface area contributed by atoms with Crippen LogP contribution in [0.5, 0.6) is 0 Å². The summed E-state index contributed by atoms with van der Waals surface area (Å²) in [6.07, 6.45) is 0. The molecule has 0 aliphatic carbocycles. The van der Waals surface area contributed by atoms with Crippen LogP contribution in [-0.4, -0.2) is 4.98 Å². The van der Waals surface area contributed by atoms with Gasteiger partial charge in [-0.3, -0.25) is 0 Å². The lowest BCUT2D eigenvalue weighted by atomic mass is 10.0. The highest BCUT2D eigenvalue weighted by atomic mass is 32.1. The van der Waals surface area contributed by atoms with E-state index in [4.69, 9.17) is 5.73 Å². The molecular formula is C11H14N2S. The summed E-state index contributed by atoms with van der Waals surface area (Å²) in [5.74, 6) is 0.558. The zero-order valence-electron chi connectivity index (χ0n) is 8.45. The van der Waals surface area contributed by atoms with Crippen LogP contribution < -0.4 is 5.73 Å². The van der Waals surface area contributed by atoms with Crippen LogP contribution in [0.15, 0.2) is 18.2 Å². The van der Waals surface area contributed by atoms with Gasteiger partial charge < -0.3 is 5.73 Å². The van der Waals surface area contributed by atoms with E-state index in [-0.39, 0.29) is 0 Å². The first-order valence-corrected chi connectivity index (χ1v) is 5.62. The molecule has 14 heavy (non-hydrogen) atoms. The molecule has 0 unspecified atom stereocenters. The average Bonchev–Trinajstić information content (AvgIpc) is 2.58. The Morgan fingerprint density at radius 3 is 2.86 bits per heavy atom. The van der Waals surface area contributed by atoms with Crippen LogP contribution in [0.4, 0.5) is 0 Å². The number of nitrogens with zero attached hydrogens (tertiary/aromatic N) is 1. The smallest absolute Gasteiger partial charge is 0.107 e. The summed E-state index contributed by atoms with van der Waals surface area (Å²) in [7, 11) is 0. The van der Waals surface area contributed by atoms with Crippen LogP contribution in [0.25, 0.3) is 10.2 Å². The minimum atomic E-state index is 0.538. The molecule has 2 aromatic rings. The highest BCUT2D eigenvalue weighted by Gasteiger charge is 2.05. The molecule has 0 radical (unpaired) electrons. The number of nitrogens with two attached hydrogens (primary N) is 1. The van der Waals surface area contributed by atoms with E-state index < -0.39 is 0 Å². The molecule has 0 bridgehead atoms. The largest absolute Gasteiger partial charge is 0.325 e. The van der Waals surface area contributed by atoms with E-state index in [2.05, 4.69) is 37.0 Å². The van der Waals surface area contributed by atoms with E-state index in [0.717, 1.165) is 10.5 Å². The molecule has 3 heteroatoms. The van der Waals surface area contributed by atoms with Crippen molar-refractivity contribution >= 4 is 21.6 Å². The second kappa shape index (κ2) is 3.67. The maximum absolute atomic E-state index is 5.56. The lowest BCUT2D eigenvalue weighted by molar-refractivity contribution is 0.868. The van der Waals surface area contributed by atoms with Crippen LogP contribution in [0.3, 0.4) is 0 Å². The van der Waals surface area contributed by atoms with Crippen molar-refractivity contribution in [1.29, 1.82) is 0 Å². The molecule has 2 rings (SSSR count). The van der Waals surface area contributed by atoms with Gasteiger partial charge in [0, 0.05) is 6.54 Å². The highest BCUT2D eigenvalue weighted by Crippen LogP contribution is 2.25. The van der Waals surface area contributed by atoms with Crippen molar-refractivity contribution in [2.24, 2.45) is 5.73 Å². The highest BCUT2D eigenvalue weighted by molar-refractivity contribution is 7.18. The zero-order valence-corrected chi connectivity index (χ0v) is 9.27. The lowest BCUT2D eigenvalue weighted by Gasteiger charge is -2.03. The summed E-state index contributed by atoms with van der Waals surface area (Å²) in [6, 6.07) is 6.47. The molecule has 1 aromatic heterocycles. The molecule has 0 aliphatic heterocycles. The number of fused-ring (bicyclic) bond motifs is 1. The maximum atomic E-state index is 5.56. The van der Waals surface area contributed by atoms with E-state index in [1.807, 2.05) is 0 Å². The van der Waals surface area contributed by atoms with Gasteiger partial charge in [0.1, 0.15) is 5.01 Å². The first kappa shape index (κ1) is 9.62. The van der Waals surface area contributed by atoms with Gasteiger partial charge in [-0.25, -0.2) is 4.98 Å².